The van der Waals surface area contributed by atoms with Gasteiger partial charge < -0.3 is 5.32 Å². The van der Waals surface area contributed by atoms with Gasteiger partial charge in [-0.1, -0.05) is 55.5 Å². The van der Waals surface area contributed by atoms with Crippen LogP contribution in [0.4, 0.5) is 0 Å². The smallest absolute Gasteiger partial charge is 0.0390 e. The molecule has 0 aliphatic heterocycles. The lowest BCUT2D eigenvalue weighted by molar-refractivity contribution is 0.519. The van der Waals surface area contributed by atoms with Gasteiger partial charge in [-0.3, -0.25) is 0 Å². The summed E-state index contributed by atoms with van der Waals surface area (Å²) < 4.78 is 1.43. The Hall–Kier alpha value is -1.64. The molecule has 0 aliphatic rings. The van der Waals surface area contributed by atoms with E-state index in [4.69, 9.17) is 0 Å². The third-order valence-corrected chi connectivity index (χ3v) is 4.88. The Bertz CT molecular complexity index is 687. The lowest BCUT2D eigenvalue weighted by Gasteiger charge is -2.19. The highest BCUT2D eigenvalue weighted by Gasteiger charge is 2.14. The fourth-order valence-electron chi connectivity index (χ4n) is 2.86. The first-order chi connectivity index (χ1) is 10.4. The molecule has 1 atom stereocenters. The molecular formula is C19H21NS. The van der Waals surface area contributed by atoms with Crippen LogP contribution in [-0.4, -0.2) is 6.54 Å². The van der Waals surface area contributed by atoms with Gasteiger partial charge in [-0.25, -0.2) is 0 Å². The summed E-state index contributed by atoms with van der Waals surface area (Å²) in [6.07, 6.45) is 2.25. The first-order valence-corrected chi connectivity index (χ1v) is 8.50. The van der Waals surface area contributed by atoms with Crippen LogP contribution in [0.3, 0.4) is 0 Å². The minimum Gasteiger partial charge on any atom is -0.310 e. The van der Waals surface area contributed by atoms with Crippen LogP contribution in [0.25, 0.3) is 10.1 Å². The van der Waals surface area contributed by atoms with Crippen LogP contribution in [0, 0.1) is 0 Å². The maximum Gasteiger partial charge on any atom is 0.0390 e. The van der Waals surface area contributed by atoms with E-state index in [0.29, 0.717) is 6.04 Å². The predicted molar refractivity (Wildman–Crippen MR) is 93.0 cm³/mol. The molecule has 1 N–H and O–H groups in total. The summed E-state index contributed by atoms with van der Waals surface area (Å²) >= 11 is 1.85. The molecule has 0 amide bonds. The largest absolute Gasteiger partial charge is 0.310 e. The maximum absolute atomic E-state index is 3.66. The molecule has 0 spiro atoms. The molecule has 0 bridgehead atoms. The Morgan fingerprint density at radius 1 is 1.00 bits per heavy atom. The zero-order valence-corrected chi connectivity index (χ0v) is 13.2. The van der Waals surface area contributed by atoms with Crippen LogP contribution in [0.15, 0.2) is 60.0 Å². The van der Waals surface area contributed by atoms with E-state index in [9.17, 15) is 0 Å². The van der Waals surface area contributed by atoms with Crippen LogP contribution in [0.5, 0.6) is 0 Å². The first-order valence-electron chi connectivity index (χ1n) is 7.62. The molecular weight excluding hydrogens is 274 g/mol. The number of benzene rings is 2. The van der Waals surface area contributed by atoms with Crippen LogP contribution in [0.1, 0.15) is 30.5 Å². The van der Waals surface area contributed by atoms with Crippen LogP contribution in [-0.2, 0) is 6.42 Å². The molecule has 1 unspecified atom stereocenters. The second kappa shape index (κ2) is 6.88. The molecule has 3 rings (SSSR count). The second-order valence-corrected chi connectivity index (χ2v) is 6.24. The molecule has 21 heavy (non-hydrogen) atoms. The number of thiophene rings is 1. The van der Waals surface area contributed by atoms with Gasteiger partial charge in [0.05, 0.1) is 0 Å². The summed E-state index contributed by atoms with van der Waals surface area (Å²) in [6.45, 7) is 3.19. The van der Waals surface area contributed by atoms with Crippen molar-refractivity contribution < 1.29 is 0 Å². The molecule has 0 aliphatic carbocycles. The Morgan fingerprint density at radius 2 is 1.86 bits per heavy atom. The number of rotatable bonds is 6. The third kappa shape index (κ3) is 3.34. The molecule has 0 saturated carbocycles. The van der Waals surface area contributed by atoms with E-state index >= 15 is 0 Å². The number of nitrogens with one attached hydrogen (secondary N) is 1. The van der Waals surface area contributed by atoms with Crippen LogP contribution < -0.4 is 5.32 Å². The number of hydrogen-bond donors (Lipinski definition) is 1. The molecule has 0 saturated heterocycles. The van der Waals surface area contributed by atoms with Gasteiger partial charge >= 0.3 is 0 Å². The van der Waals surface area contributed by atoms with Crippen molar-refractivity contribution >= 4 is 21.4 Å². The second-order valence-electron chi connectivity index (χ2n) is 5.32. The summed E-state index contributed by atoms with van der Waals surface area (Å²) in [7, 11) is 0. The van der Waals surface area contributed by atoms with E-state index in [1.54, 1.807) is 0 Å². The van der Waals surface area contributed by atoms with Gasteiger partial charge in [-0.05, 0) is 47.3 Å². The lowest BCUT2D eigenvalue weighted by Crippen LogP contribution is -2.21. The van der Waals surface area contributed by atoms with Crippen molar-refractivity contribution in [3.63, 3.8) is 0 Å². The average molecular weight is 295 g/mol. The molecule has 1 aromatic heterocycles. The monoisotopic (exact) mass is 295 g/mol. The Balaban J connectivity index is 1.82. The molecule has 0 fully saturated rings. The topological polar surface area (TPSA) is 12.0 Å². The van der Waals surface area contributed by atoms with E-state index in [-0.39, 0.29) is 0 Å². The van der Waals surface area contributed by atoms with Crippen molar-refractivity contribution in [3.05, 3.63) is 71.1 Å². The molecule has 3 aromatic rings. The van der Waals surface area contributed by atoms with Gasteiger partial charge in [0.1, 0.15) is 0 Å². The van der Waals surface area contributed by atoms with Gasteiger partial charge in [-0.15, -0.1) is 11.3 Å². The molecule has 1 nitrogen and oxygen atoms in total. The molecule has 1 heterocycles. The van der Waals surface area contributed by atoms with Gasteiger partial charge in [0.2, 0.25) is 0 Å². The standard InChI is InChI=1S/C19H21NS/c1-2-20-18(12-11-15-7-4-3-5-8-15)17-10-6-9-16-13-14-21-19(16)17/h3-10,13-14,18,20H,2,11-12H2,1H3. The highest BCUT2D eigenvalue weighted by Crippen LogP contribution is 2.31. The minimum atomic E-state index is 0.428. The zero-order valence-electron chi connectivity index (χ0n) is 12.4. The Morgan fingerprint density at radius 3 is 2.67 bits per heavy atom. The SMILES string of the molecule is CCNC(CCc1ccccc1)c1cccc2ccsc12. The normalized spacial score (nSPS) is 12.6. The Kier molecular flexibility index (Phi) is 4.69. The summed E-state index contributed by atoms with van der Waals surface area (Å²) in [4.78, 5) is 0. The van der Waals surface area contributed by atoms with Gasteiger partial charge in [-0.2, -0.15) is 0 Å². The van der Waals surface area contributed by atoms with Crippen molar-refractivity contribution in [1.29, 1.82) is 0 Å². The van der Waals surface area contributed by atoms with Crippen molar-refractivity contribution in [2.45, 2.75) is 25.8 Å². The average Bonchev–Trinajstić information content (AvgIpc) is 3.01. The van der Waals surface area contributed by atoms with Gasteiger partial charge in [0.15, 0.2) is 0 Å². The summed E-state index contributed by atoms with van der Waals surface area (Å²) in [5, 5.41) is 7.21. The lowest BCUT2D eigenvalue weighted by atomic mass is 9.98. The molecule has 0 radical (unpaired) electrons. The summed E-state index contributed by atoms with van der Waals surface area (Å²) in [5.41, 5.74) is 2.86. The fraction of sp³-hybridized carbons (Fsp3) is 0.263. The van der Waals surface area contributed by atoms with Gasteiger partial charge in [0, 0.05) is 10.7 Å². The van der Waals surface area contributed by atoms with E-state index in [1.807, 2.05) is 11.3 Å². The van der Waals surface area contributed by atoms with Crippen LogP contribution in [0.2, 0.25) is 0 Å². The van der Waals surface area contributed by atoms with E-state index < -0.39 is 0 Å². The Labute approximate surface area is 130 Å². The van der Waals surface area contributed by atoms with E-state index in [2.05, 4.69) is 72.2 Å². The van der Waals surface area contributed by atoms with Crippen LogP contribution >= 0.6 is 11.3 Å². The number of hydrogen-bond acceptors (Lipinski definition) is 2. The van der Waals surface area contributed by atoms with E-state index in [1.165, 1.54) is 21.2 Å². The molecule has 108 valence electrons. The highest BCUT2D eigenvalue weighted by atomic mass is 32.1. The number of aryl methyl sites for hydroxylation is 1. The quantitative estimate of drug-likeness (QED) is 0.660. The van der Waals surface area contributed by atoms with E-state index in [0.717, 1.165) is 19.4 Å². The predicted octanol–water partition coefficient (Wildman–Crippen LogP) is 5.18. The highest BCUT2D eigenvalue weighted by molar-refractivity contribution is 7.17. The van der Waals surface area contributed by atoms with Crippen molar-refractivity contribution in [3.8, 4) is 0 Å². The summed E-state index contributed by atoms with van der Waals surface area (Å²) in [6, 6.07) is 20.1. The summed E-state index contributed by atoms with van der Waals surface area (Å²) in [5.74, 6) is 0. The third-order valence-electron chi connectivity index (χ3n) is 3.90. The first kappa shape index (κ1) is 14.3. The van der Waals surface area contributed by atoms with Crippen molar-refractivity contribution in [1.82, 2.24) is 5.32 Å². The number of fused-ring (bicyclic) bond motifs is 1. The molecule has 2 aromatic carbocycles. The van der Waals surface area contributed by atoms with Crippen molar-refractivity contribution in [2.24, 2.45) is 0 Å². The fourth-order valence-corrected chi connectivity index (χ4v) is 3.83. The van der Waals surface area contributed by atoms with Gasteiger partial charge in [0.25, 0.3) is 0 Å². The molecule has 2 heteroatoms. The van der Waals surface area contributed by atoms with Crippen molar-refractivity contribution in [2.75, 3.05) is 6.54 Å². The maximum atomic E-state index is 3.66. The zero-order chi connectivity index (χ0) is 14.5. The minimum absolute atomic E-state index is 0.428.